The molecule has 0 aliphatic heterocycles. The van der Waals surface area contributed by atoms with Gasteiger partial charge in [-0.3, -0.25) is 4.98 Å². The largest absolute Gasteiger partial charge is 0.255 e. The van der Waals surface area contributed by atoms with Crippen molar-refractivity contribution >= 4 is 33.8 Å². The monoisotopic (exact) mass is 300 g/mol. The van der Waals surface area contributed by atoms with Crippen LogP contribution in [0, 0.1) is 0 Å². The van der Waals surface area contributed by atoms with Gasteiger partial charge in [0.25, 0.3) is 0 Å². The Balaban J connectivity index is 1.88. The second kappa shape index (κ2) is 4.83. The highest BCUT2D eigenvalue weighted by molar-refractivity contribution is 7.13. The van der Waals surface area contributed by atoms with Gasteiger partial charge in [-0.15, -0.1) is 11.3 Å². The van der Waals surface area contributed by atoms with E-state index < -0.39 is 0 Å². The Labute approximate surface area is 126 Å². The molecule has 2 nitrogen and oxygen atoms in total. The van der Waals surface area contributed by atoms with Crippen molar-refractivity contribution in [2.24, 2.45) is 0 Å². The molecule has 1 aromatic carbocycles. The molecule has 0 atom stereocenters. The maximum Gasteiger partial charge on any atom is 0.125 e. The Kier molecular flexibility index (Phi) is 2.97. The summed E-state index contributed by atoms with van der Waals surface area (Å²) in [5.74, 6) is 0.659. The van der Waals surface area contributed by atoms with E-state index in [9.17, 15) is 0 Å². The van der Waals surface area contributed by atoms with E-state index in [-0.39, 0.29) is 0 Å². The van der Waals surface area contributed by atoms with E-state index in [1.807, 2.05) is 18.2 Å². The number of halogens is 1. The van der Waals surface area contributed by atoms with Crippen LogP contribution in [-0.4, -0.2) is 9.97 Å². The standard InChI is InChI=1S/C16H13ClN2S/c17-12-8-18-13-7-2-1-6-11(13)15(12)16-19-14(9-20-16)10-4-3-5-10/h1-2,6-10H,3-5H2. The molecule has 1 aliphatic carbocycles. The predicted molar refractivity (Wildman–Crippen MR) is 84.5 cm³/mol. The molecule has 2 aromatic heterocycles. The van der Waals surface area contributed by atoms with Crippen molar-refractivity contribution in [3.05, 3.63) is 46.6 Å². The molecule has 0 saturated heterocycles. The van der Waals surface area contributed by atoms with Crippen LogP contribution in [0.5, 0.6) is 0 Å². The molecule has 20 heavy (non-hydrogen) atoms. The van der Waals surface area contributed by atoms with Gasteiger partial charge in [0.2, 0.25) is 0 Å². The minimum Gasteiger partial charge on any atom is -0.255 e. The topological polar surface area (TPSA) is 25.8 Å². The molecule has 1 fully saturated rings. The zero-order chi connectivity index (χ0) is 13.5. The number of aromatic nitrogens is 2. The van der Waals surface area contributed by atoms with Crippen molar-refractivity contribution in [3.8, 4) is 10.6 Å². The lowest BCUT2D eigenvalue weighted by molar-refractivity contribution is 0.413. The summed E-state index contributed by atoms with van der Waals surface area (Å²) in [4.78, 5) is 9.20. The van der Waals surface area contributed by atoms with Crippen LogP contribution in [0.15, 0.2) is 35.8 Å². The van der Waals surface area contributed by atoms with E-state index in [1.54, 1.807) is 17.5 Å². The number of pyridine rings is 1. The van der Waals surface area contributed by atoms with Crippen molar-refractivity contribution in [2.45, 2.75) is 25.2 Å². The number of nitrogens with zero attached hydrogens (tertiary/aromatic N) is 2. The zero-order valence-corrected chi connectivity index (χ0v) is 12.4. The Morgan fingerprint density at radius 1 is 1.20 bits per heavy atom. The van der Waals surface area contributed by atoms with Gasteiger partial charge in [0.15, 0.2) is 0 Å². The third-order valence-electron chi connectivity index (χ3n) is 3.99. The highest BCUT2D eigenvalue weighted by Gasteiger charge is 2.23. The second-order valence-electron chi connectivity index (χ2n) is 5.20. The van der Waals surface area contributed by atoms with Crippen LogP contribution in [0.3, 0.4) is 0 Å². The molecular formula is C16H13ClN2S. The van der Waals surface area contributed by atoms with Crippen LogP contribution in [0.2, 0.25) is 5.02 Å². The summed E-state index contributed by atoms with van der Waals surface area (Å²) in [7, 11) is 0. The lowest BCUT2D eigenvalue weighted by atomic mass is 9.83. The van der Waals surface area contributed by atoms with Gasteiger partial charge in [0.05, 0.1) is 16.2 Å². The first-order valence-electron chi connectivity index (χ1n) is 6.82. The van der Waals surface area contributed by atoms with Crippen LogP contribution in [0.4, 0.5) is 0 Å². The fourth-order valence-corrected chi connectivity index (χ4v) is 3.90. The molecule has 4 heteroatoms. The van der Waals surface area contributed by atoms with Crippen LogP contribution < -0.4 is 0 Å². The summed E-state index contributed by atoms with van der Waals surface area (Å²) in [6, 6.07) is 8.09. The minimum atomic E-state index is 0.659. The average molecular weight is 301 g/mol. The van der Waals surface area contributed by atoms with Crippen LogP contribution >= 0.6 is 22.9 Å². The number of hydrogen-bond acceptors (Lipinski definition) is 3. The number of hydrogen-bond donors (Lipinski definition) is 0. The molecule has 0 spiro atoms. The molecule has 0 amide bonds. The van der Waals surface area contributed by atoms with Crippen molar-refractivity contribution in [2.75, 3.05) is 0 Å². The first-order valence-corrected chi connectivity index (χ1v) is 8.08. The number of thiazole rings is 1. The quantitative estimate of drug-likeness (QED) is 0.643. The second-order valence-corrected chi connectivity index (χ2v) is 6.47. The van der Waals surface area contributed by atoms with Gasteiger partial charge in [-0.1, -0.05) is 36.2 Å². The van der Waals surface area contributed by atoms with Crippen molar-refractivity contribution in [1.82, 2.24) is 9.97 Å². The minimum absolute atomic E-state index is 0.659. The van der Waals surface area contributed by atoms with E-state index in [1.165, 1.54) is 25.0 Å². The van der Waals surface area contributed by atoms with Crippen LogP contribution in [0.25, 0.3) is 21.5 Å². The Bertz CT molecular complexity index is 777. The molecular weight excluding hydrogens is 288 g/mol. The number of rotatable bonds is 2. The van der Waals surface area contributed by atoms with Crippen LogP contribution in [-0.2, 0) is 0 Å². The normalized spacial score (nSPS) is 15.4. The lowest BCUT2D eigenvalue weighted by Gasteiger charge is -2.23. The van der Waals surface area contributed by atoms with Crippen molar-refractivity contribution < 1.29 is 0 Å². The molecule has 1 saturated carbocycles. The molecule has 4 rings (SSSR count). The molecule has 3 aromatic rings. The summed E-state index contributed by atoms with van der Waals surface area (Å²) in [5, 5.41) is 4.95. The summed E-state index contributed by atoms with van der Waals surface area (Å²) in [6.45, 7) is 0. The molecule has 0 unspecified atom stereocenters. The van der Waals surface area contributed by atoms with Gasteiger partial charge in [-0.25, -0.2) is 4.98 Å². The maximum atomic E-state index is 6.38. The van der Waals surface area contributed by atoms with Gasteiger partial charge >= 0.3 is 0 Å². The SMILES string of the molecule is Clc1cnc2ccccc2c1-c1nc(C2CCC2)cs1. The maximum absolute atomic E-state index is 6.38. The summed E-state index contributed by atoms with van der Waals surface area (Å²) >= 11 is 8.06. The van der Waals surface area contributed by atoms with Crippen LogP contribution in [0.1, 0.15) is 30.9 Å². The van der Waals surface area contributed by atoms with E-state index in [4.69, 9.17) is 16.6 Å². The lowest BCUT2D eigenvalue weighted by Crippen LogP contribution is -2.08. The molecule has 100 valence electrons. The summed E-state index contributed by atoms with van der Waals surface area (Å²) in [5.41, 5.74) is 3.22. The first-order chi connectivity index (χ1) is 9.83. The predicted octanol–water partition coefficient (Wildman–Crippen LogP) is 5.28. The van der Waals surface area contributed by atoms with Gasteiger partial charge in [-0.05, 0) is 18.9 Å². The molecule has 0 N–H and O–H groups in total. The van der Waals surface area contributed by atoms with Gasteiger partial charge in [0, 0.05) is 28.4 Å². The molecule has 1 aliphatic rings. The fraction of sp³-hybridized carbons (Fsp3) is 0.250. The molecule has 0 radical (unpaired) electrons. The van der Waals surface area contributed by atoms with E-state index in [0.29, 0.717) is 10.9 Å². The highest BCUT2D eigenvalue weighted by Crippen LogP contribution is 2.41. The van der Waals surface area contributed by atoms with E-state index in [0.717, 1.165) is 21.5 Å². The Morgan fingerprint density at radius 2 is 2.05 bits per heavy atom. The fourth-order valence-electron chi connectivity index (χ4n) is 2.63. The van der Waals surface area contributed by atoms with Gasteiger partial charge in [-0.2, -0.15) is 0 Å². The zero-order valence-electron chi connectivity index (χ0n) is 10.8. The highest BCUT2D eigenvalue weighted by atomic mass is 35.5. The van der Waals surface area contributed by atoms with Crippen molar-refractivity contribution in [3.63, 3.8) is 0 Å². The first kappa shape index (κ1) is 12.3. The molecule has 2 heterocycles. The van der Waals surface area contributed by atoms with Gasteiger partial charge in [0.1, 0.15) is 5.01 Å². The average Bonchev–Trinajstić information content (AvgIpc) is 2.85. The number of para-hydroxylation sites is 1. The van der Waals surface area contributed by atoms with Crippen molar-refractivity contribution in [1.29, 1.82) is 0 Å². The summed E-state index contributed by atoms with van der Waals surface area (Å²) in [6.07, 6.45) is 5.60. The third-order valence-corrected chi connectivity index (χ3v) is 5.15. The smallest absolute Gasteiger partial charge is 0.125 e. The number of benzene rings is 1. The summed E-state index contributed by atoms with van der Waals surface area (Å²) < 4.78 is 0. The van der Waals surface area contributed by atoms with Gasteiger partial charge < -0.3 is 0 Å². The van der Waals surface area contributed by atoms with E-state index in [2.05, 4.69) is 16.4 Å². The third kappa shape index (κ3) is 1.93. The Morgan fingerprint density at radius 3 is 2.85 bits per heavy atom. The molecule has 0 bridgehead atoms. The number of fused-ring (bicyclic) bond motifs is 1. The Hall–Kier alpha value is -1.45. The van der Waals surface area contributed by atoms with E-state index >= 15 is 0 Å².